The second kappa shape index (κ2) is 10.6. The van der Waals surface area contributed by atoms with Gasteiger partial charge in [0.2, 0.25) is 5.91 Å². The Morgan fingerprint density at radius 3 is 2.31 bits per heavy atom. The minimum atomic E-state index is -0.571. The number of ether oxygens (including phenoxy) is 1. The van der Waals surface area contributed by atoms with Crippen molar-refractivity contribution in [1.82, 2.24) is 4.90 Å². The maximum atomic E-state index is 13.7. The van der Waals surface area contributed by atoms with E-state index in [1.807, 2.05) is 20.8 Å². The molecule has 0 saturated heterocycles. The van der Waals surface area contributed by atoms with Crippen LogP contribution in [0.25, 0.3) is 0 Å². The lowest BCUT2D eigenvalue weighted by atomic mass is 10.0. The molecule has 0 bridgehead atoms. The average Bonchev–Trinajstić information content (AvgIpc) is 2.91. The first kappa shape index (κ1) is 26.5. The van der Waals surface area contributed by atoms with E-state index < -0.39 is 17.6 Å². The summed E-state index contributed by atoms with van der Waals surface area (Å²) in [5, 5.41) is 7.50. The molecule has 2 amide bonds. The van der Waals surface area contributed by atoms with Crippen LogP contribution in [0.15, 0.2) is 42.5 Å². The third-order valence-electron chi connectivity index (χ3n) is 5.80. The minimum absolute atomic E-state index is 0.00648. The van der Waals surface area contributed by atoms with Crippen LogP contribution in [0.5, 0.6) is 0 Å². The molecule has 188 valence electrons. The summed E-state index contributed by atoms with van der Waals surface area (Å²) in [5.41, 5.74) is 7.75. The number of nitrogens with two attached hydrogens (primary N) is 1. The molecule has 36 heavy (non-hydrogen) atoms. The summed E-state index contributed by atoms with van der Waals surface area (Å²) < 4.78 is 5.05. The van der Waals surface area contributed by atoms with E-state index in [-0.39, 0.29) is 37.2 Å². The van der Waals surface area contributed by atoms with Gasteiger partial charge in [-0.1, -0.05) is 24.0 Å². The Kier molecular flexibility index (Phi) is 7.83. The number of nitrogens with one attached hydrogen (secondary N) is 1. The Labute approximate surface area is 211 Å². The number of nitrogens with zero attached hydrogens (tertiary/aromatic N) is 2. The molecule has 2 aromatic rings. The second-order valence-electron chi connectivity index (χ2n) is 9.66. The number of nitrogen functional groups attached to an aromatic ring is 1. The lowest BCUT2D eigenvalue weighted by molar-refractivity contribution is -0.144. The number of fused-ring (bicyclic) bond motifs is 1. The fourth-order valence-electron chi connectivity index (χ4n) is 4.10. The number of amidine groups is 1. The van der Waals surface area contributed by atoms with Crippen LogP contribution in [-0.4, -0.2) is 53.3 Å². The lowest BCUT2D eigenvalue weighted by Gasteiger charge is -2.35. The van der Waals surface area contributed by atoms with E-state index in [9.17, 15) is 14.4 Å². The standard InChI is InChI=1S/C28H32N4O4/c1-6-36-25(34)15-18(2)31-17-24(33)32(28(3,4)5)23-14-11-20(16-22(23)27(31)35)8-7-19-9-12-21(13-10-19)26(29)30/h9-14,16,18H,6,15,17H2,1-5H3,(H3,29,30)/t18-/m0/s1. The van der Waals surface area contributed by atoms with Gasteiger partial charge in [0.25, 0.3) is 5.91 Å². The van der Waals surface area contributed by atoms with Crippen LogP contribution in [0.2, 0.25) is 0 Å². The molecule has 1 atom stereocenters. The second-order valence-corrected chi connectivity index (χ2v) is 9.66. The van der Waals surface area contributed by atoms with Crippen LogP contribution in [-0.2, 0) is 14.3 Å². The number of esters is 1. The highest BCUT2D eigenvalue weighted by molar-refractivity contribution is 6.10. The van der Waals surface area contributed by atoms with Crippen LogP contribution < -0.4 is 10.6 Å². The maximum Gasteiger partial charge on any atom is 0.307 e. The van der Waals surface area contributed by atoms with Gasteiger partial charge in [-0.15, -0.1) is 0 Å². The molecular formula is C28H32N4O4. The zero-order valence-corrected chi connectivity index (χ0v) is 21.3. The zero-order chi connectivity index (χ0) is 26.6. The summed E-state index contributed by atoms with van der Waals surface area (Å²) in [7, 11) is 0. The van der Waals surface area contributed by atoms with Gasteiger partial charge in [-0.25, -0.2) is 0 Å². The number of amides is 2. The van der Waals surface area contributed by atoms with Crippen molar-refractivity contribution in [3.05, 3.63) is 64.7 Å². The fourth-order valence-corrected chi connectivity index (χ4v) is 4.10. The zero-order valence-electron chi connectivity index (χ0n) is 21.3. The average molecular weight is 489 g/mol. The van der Waals surface area contributed by atoms with E-state index in [4.69, 9.17) is 15.9 Å². The Morgan fingerprint density at radius 1 is 1.11 bits per heavy atom. The number of hydrogen-bond donors (Lipinski definition) is 2. The topological polar surface area (TPSA) is 117 Å². The van der Waals surface area contributed by atoms with Crippen molar-refractivity contribution in [3.63, 3.8) is 0 Å². The molecule has 0 spiro atoms. The van der Waals surface area contributed by atoms with E-state index in [0.29, 0.717) is 22.4 Å². The summed E-state index contributed by atoms with van der Waals surface area (Å²) in [5.74, 6) is 5.14. The van der Waals surface area contributed by atoms with Crippen molar-refractivity contribution in [2.24, 2.45) is 5.73 Å². The van der Waals surface area contributed by atoms with Gasteiger partial charge < -0.3 is 20.3 Å². The summed E-state index contributed by atoms with van der Waals surface area (Å²) in [6.45, 7) is 9.30. The third-order valence-corrected chi connectivity index (χ3v) is 5.80. The highest BCUT2D eigenvalue weighted by Gasteiger charge is 2.38. The molecule has 0 radical (unpaired) electrons. The van der Waals surface area contributed by atoms with Crippen LogP contribution >= 0.6 is 0 Å². The highest BCUT2D eigenvalue weighted by atomic mass is 16.5. The largest absolute Gasteiger partial charge is 0.466 e. The third kappa shape index (κ3) is 5.92. The van der Waals surface area contributed by atoms with E-state index in [1.54, 1.807) is 61.2 Å². The van der Waals surface area contributed by atoms with Gasteiger partial charge in [0.05, 0.1) is 24.3 Å². The first-order valence-corrected chi connectivity index (χ1v) is 11.8. The Hall–Kier alpha value is -4.12. The molecule has 8 heteroatoms. The number of rotatable bonds is 5. The van der Waals surface area contributed by atoms with Crippen molar-refractivity contribution < 1.29 is 19.1 Å². The van der Waals surface area contributed by atoms with Crippen molar-refractivity contribution in [2.75, 3.05) is 18.1 Å². The molecule has 0 saturated carbocycles. The lowest BCUT2D eigenvalue weighted by Crippen LogP contribution is -2.50. The van der Waals surface area contributed by atoms with E-state index >= 15 is 0 Å². The SMILES string of the molecule is CCOC(=O)C[C@H](C)N1CC(=O)N(C(C)(C)C)c2ccc(C#Cc3ccc(C(=N)N)cc3)cc2C1=O. The number of hydrogen-bond acceptors (Lipinski definition) is 5. The fraction of sp³-hybridized carbons (Fsp3) is 0.357. The molecule has 1 heterocycles. The van der Waals surface area contributed by atoms with Crippen molar-refractivity contribution in [3.8, 4) is 11.8 Å². The van der Waals surface area contributed by atoms with Crippen LogP contribution in [0.4, 0.5) is 5.69 Å². The van der Waals surface area contributed by atoms with Crippen LogP contribution in [0, 0.1) is 17.3 Å². The number of benzene rings is 2. The molecule has 3 rings (SSSR count). The normalized spacial score (nSPS) is 14.4. The molecule has 0 fully saturated rings. The van der Waals surface area contributed by atoms with E-state index in [0.717, 1.165) is 5.56 Å². The van der Waals surface area contributed by atoms with Crippen molar-refractivity contribution >= 4 is 29.3 Å². The minimum Gasteiger partial charge on any atom is -0.466 e. The molecule has 0 aliphatic carbocycles. The van der Waals surface area contributed by atoms with E-state index in [2.05, 4.69) is 11.8 Å². The molecule has 3 N–H and O–H groups in total. The van der Waals surface area contributed by atoms with Gasteiger partial charge in [0.1, 0.15) is 12.4 Å². The molecule has 8 nitrogen and oxygen atoms in total. The number of carbonyl (C=O) groups excluding carboxylic acids is 3. The first-order chi connectivity index (χ1) is 16.9. The van der Waals surface area contributed by atoms with Crippen molar-refractivity contribution in [2.45, 2.75) is 52.6 Å². The predicted octanol–water partition coefficient (Wildman–Crippen LogP) is 3.30. The number of anilines is 1. The van der Waals surface area contributed by atoms with Crippen LogP contribution in [0.1, 0.15) is 68.1 Å². The monoisotopic (exact) mass is 488 g/mol. The maximum absolute atomic E-state index is 13.7. The molecular weight excluding hydrogens is 456 g/mol. The Balaban J connectivity index is 2.02. The quantitative estimate of drug-likeness (QED) is 0.290. The van der Waals surface area contributed by atoms with Crippen LogP contribution in [0.3, 0.4) is 0 Å². The highest BCUT2D eigenvalue weighted by Crippen LogP contribution is 2.33. The molecule has 0 unspecified atom stereocenters. The van der Waals surface area contributed by atoms with Gasteiger partial charge in [-0.3, -0.25) is 19.8 Å². The van der Waals surface area contributed by atoms with Gasteiger partial charge in [-0.2, -0.15) is 0 Å². The smallest absolute Gasteiger partial charge is 0.307 e. The van der Waals surface area contributed by atoms with Gasteiger partial charge in [0.15, 0.2) is 0 Å². The van der Waals surface area contributed by atoms with Gasteiger partial charge >= 0.3 is 5.97 Å². The predicted molar refractivity (Wildman–Crippen MR) is 139 cm³/mol. The first-order valence-electron chi connectivity index (χ1n) is 11.8. The molecule has 2 aromatic carbocycles. The molecule has 1 aliphatic heterocycles. The summed E-state index contributed by atoms with van der Waals surface area (Å²) >= 11 is 0. The number of carbonyl (C=O) groups is 3. The summed E-state index contributed by atoms with van der Waals surface area (Å²) in [6, 6.07) is 11.7. The van der Waals surface area contributed by atoms with Gasteiger partial charge in [-0.05, 0) is 65.0 Å². The van der Waals surface area contributed by atoms with E-state index in [1.165, 1.54) is 4.90 Å². The van der Waals surface area contributed by atoms with Gasteiger partial charge in [0, 0.05) is 28.3 Å². The summed E-state index contributed by atoms with van der Waals surface area (Å²) in [4.78, 5) is 42.2. The molecule has 1 aliphatic rings. The Morgan fingerprint density at radius 2 is 1.72 bits per heavy atom. The van der Waals surface area contributed by atoms with Crippen molar-refractivity contribution in [1.29, 1.82) is 5.41 Å². The summed E-state index contributed by atoms with van der Waals surface area (Å²) in [6.07, 6.45) is -0.00648. The Bertz CT molecular complexity index is 1250. The molecule has 0 aromatic heterocycles.